The Morgan fingerprint density at radius 3 is 2.67 bits per heavy atom. The SMILES string of the molecule is CCOC(=O)C1=C(C)N=c2s/c(=C\c3cn(S(=O)(=O)c4cccc([N+](=O)[O-])c4)c4ccccc34)c(=O)n2[C@@H]1c1cccs1. The number of para-hydroxylation sites is 1. The first-order valence-electron chi connectivity index (χ1n) is 12.9. The van der Waals surface area contributed by atoms with Crippen LogP contribution in [0.1, 0.15) is 30.3 Å². The van der Waals surface area contributed by atoms with E-state index in [0.717, 1.165) is 26.3 Å². The molecule has 0 radical (unpaired) electrons. The van der Waals surface area contributed by atoms with E-state index in [4.69, 9.17) is 4.74 Å². The van der Waals surface area contributed by atoms with Crippen molar-refractivity contribution in [2.24, 2.45) is 4.99 Å². The van der Waals surface area contributed by atoms with Crippen molar-refractivity contribution in [2.75, 3.05) is 6.61 Å². The number of ether oxygens (including phenoxy) is 1. The molecule has 0 unspecified atom stereocenters. The van der Waals surface area contributed by atoms with Gasteiger partial charge in [-0.15, -0.1) is 11.3 Å². The van der Waals surface area contributed by atoms with Gasteiger partial charge in [-0.3, -0.25) is 19.5 Å². The van der Waals surface area contributed by atoms with E-state index in [1.54, 1.807) is 44.2 Å². The van der Waals surface area contributed by atoms with Crippen LogP contribution < -0.4 is 14.9 Å². The molecule has 0 fully saturated rings. The highest BCUT2D eigenvalue weighted by Crippen LogP contribution is 2.33. The van der Waals surface area contributed by atoms with Crippen LogP contribution in [0, 0.1) is 10.1 Å². The first-order valence-corrected chi connectivity index (χ1v) is 16.1. The first kappa shape index (κ1) is 28.5. The van der Waals surface area contributed by atoms with E-state index >= 15 is 0 Å². The number of carbonyl (C=O) groups is 1. The number of thiazole rings is 1. The Labute approximate surface area is 252 Å². The molecule has 11 nitrogen and oxygen atoms in total. The van der Waals surface area contributed by atoms with Gasteiger partial charge in [-0.05, 0) is 43.5 Å². The van der Waals surface area contributed by atoms with Gasteiger partial charge < -0.3 is 4.74 Å². The van der Waals surface area contributed by atoms with E-state index in [2.05, 4.69) is 4.99 Å². The zero-order chi connectivity index (χ0) is 30.5. The number of rotatable bonds is 7. The van der Waals surface area contributed by atoms with Crippen LogP contribution in [0.4, 0.5) is 5.69 Å². The highest BCUT2D eigenvalue weighted by Gasteiger charge is 2.34. The van der Waals surface area contributed by atoms with Crippen molar-refractivity contribution in [2.45, 2.75) is 24.8 Å². The van der Waals surface area contributed by atoms with E-state index in [1.807, 2.05) is 17.5 Å². The highest BCUT2D eigenvalue weighted by atomic mass is 32.2. The molecular weight excluding hydrogens is 613 g/mol. The molecule has 1 aliphatic heterocycles. The van der Waals surface area contributed by atoms with Crippen molar-refractivity contribution in [3.63, 3.8) is 0 Å². The monoisotopic (exact) mass is 634 g/mol. The van der Waals surface area contributed by atoms with E-state index in [1.165, 1.54) is 40.3 Å². The summed E-state index contributed by atoms with van der Waals surface area (Å²) in [7, 11) is -4.24. The molecule has 218 valence electrons. The number of hydrogen-bond donors (Lipinski definition) is 0. The highest BCUT2D eigenvalue weighted by molar-refractivity contribution is 7.90. The quantitative estimate of drug-likeness (QED) is 0.150. The van der Waals surface area contributed by atoms with Gasteiger partial charge in [-0.2, -0.15) is 0 Å². The molecule has 6 rings (SSSR count). The van der Waals surface area contributed by atoms with Crippen molar-refractivity contribution in [1.82, 2.24) is 8.54 Å². The number of carbonyl (C=O) groups excluding carboxylic acids is 1. The Hall–Kier alpha value is -4.66. The molecule has 0 saturated heterocycles. The minimum atomic E-state index is -4.24. The Morgan fingerprint density at radius 2 is 1.95 bits per heavy atom. The molecule has 1 atom stereocenters. The van der Waals surface area contributed by atoms with Gasteiger partial charge in [0, 0.05) is 34.2 Å². The summed E-state index contributed by atoms with van der Waals surface area (Å²) in [5.74, 6) is -0.550. The number of nitro groups is 1. The molecular formula is C29H22N4O7S3. The van der Waals surface area contributed by atoms with Crippen LogP contribution in [0.2, 0.25) is 0 Å². The summed E-state index contributed by atoms with van der Waals surface area (Å²) in [6.07, 6.45) is 2.99. The summed E-state index contributed by atoms with van der Waals surface area (Å²) in [5.41, 5.74) is 0.771. The second kappa shape index (κ2) is 10.9. The molecule has 43 heavy (non-hydrogen) atoms. The van der Waals surface area contributed by atoms with E-state index in [-0.39, 0.29) is 27.3 Å². The van der Waals surface area contributed by atoms with Crippen LogP contribution in [0.3, 0.4) is 0 Å². The summed E-state index contributed by atoms with van der Waals surface area (Å²) in [4.78, 5) is 43.1. The van der Waals surface area contributed by atoms with Crippen LogP contribution in [-0.4, -0.2) is 34.5 Å². The molecule has 14 heteroatoms. The fraction of sp³-hybridized carbons (Fsp3) is 0.138. The Bertz CT molecular complexity index is 2260. The van der Waals surface area contributed by atoms with E-state index in [9.17, 15) is 28.1 Å². The van der Waals surface area contributed by atoms with Crippen molar-refractivity contribution in [3.8, 4) is 0 Å². The second-order valence-electron chi connectivity index (χ2n) is 9.47. The maximum absolute atomic E-state index is 13.9. The number of esters is 1. The number of allylic oxidation sites excluding steroid dienone is 1. The van der Waals surface area contributed by atoms with Gasteiger partial charge in [0.15, 0.2) is 4.80 Å². The topological polar surface area (TPSA) is 143 Å². The van der Waals surface area contributed by atoms with E-state index in [0.29, 0.717) is 27.0 Å². The zero-order valence-electron chi connectivity index (χ0n) is 22.7. The summed E-state index contributed by atoms with van der Waals surface area (Å²) in [6.45, 7) is 3.58. The third-order valence-electron chi connectivity index (χ3n) is 6.91. The van der Waals surface area contributed by atoms with Crippen molar-refractivity contribution >= 4 is 61.3 Å². The molecule has 4 heterocycles. The smallest absolute Gasteiger partial charge is 0.338 e. The van der Waals surface area contributed by atoms with Gasteiger partial charge in [-0.1, -0.05) is 41.7 Å². The molecule has 0 aliphatic carbocycles. The molecule has 2 aromatic carbocycles. The first-order chi connectivity index (χ1) is 20.6. The minimum absolute atomic E-state index is 0.167. The van der Waals surface area contributed by atoms with Crippen molar-refractivity contribution < 1.29 is 22.9 Å². The fourth-order valence-corrected chi connectivity index (χ4v) is 8.29. The number of hydrogen-bond acceptors (Lipinski definition) is 10. The van der Waals surface area contributed by atoms with Gasteiger partial charge in [0.25, 0.3) is 21.3 Å². The molecule has 5 aromatic rings. The largest absolute Gasteiger partial charge is 0.463 e. The predicted octanol–water partition coefficient (Wildman–Crippen LogP) is 3.96. The fourth-order valence-electron chi connectivity index (χ4n) is 5.01. The van der Waals surface area contributed by atoms with Crippen molar-refractivity contribution in [3.05, 3.63) is 124 Å². The predicted molar refractivity (Wildman–Crippen MR) is 162 cm³/mol. The molecule has 0 N–H and O–H groups in total. The Morgan fingerprint density at radius 1 is 1.16 bits per heavy atom. The zero-order valence-corrected chi connectivity index (χ0v) is 25.1. The molecule has 3 aromatic heterocycles. The number of thiophene rings is 1. The van der Waals surface area contributed by atoms with Gasteiger partial charge in [0.2, 0.25) is 0 Å². The number of non-ortho nitro benzene ring substituents is 1. The van der Waals surface area contributed by atoms with Gasteiger partial charge in [-0.25, -0.2) is 22.2 Å². The van der Waals surface area contributed by atoms with Crippen LogP contribution in [-0.2, 0) is 19.6 Å². The average Bonchev–Trinajstić information content (AvgIpc) is 3.72. The van der Waals surface area contributed by atoms with Gasteiger partial charge in [0.1, 0.15) is 6.04 Å². The van der Waals surface area contributed by atoms with E-state index < -0.39 is 32.5 Å². The molecule has 0 amide bonds. The Kier molecular flexibility index (Phi) is 7.20. The summed E-state index contributed by atoms with van der Waals surface area (Å²) in [6, 6.07) is 14.6. The van der Waals surface area contributed by atoms with Gasteiger partial charge in [0.05, 0.1) is 37.7 Å². The molecule has 0 spiro atoms. The van der Waals surface area contributed by atoms with Crippen LogP contribution >= 0.6 is 22.7 Å². The normalized spacial score (nSPS) is 15.4. The van der Waals surface area contributed by atoms with Crippen LogP contribution in [0.25, 0.3) is 17.0 Å². The Balaban J connectivity index is 1.54. The maximum Gasteiger partial charge on any atom is 0.338 e. The molecule has 1 aliphatic rings. The third-order valence-corrected chi connectivity index (χ3v) is 10.5. The number of benzene rings is 2. The lowest BCUT2D eigenvalue weighted by atomic mass is 10.0. The van der Waals surface area contributed by atoms with Gasteiger partial charge >= 0.3 is 5.97 Å². The van der Waals surface area contributed by atoms with Crippen molar-refractivity contribution in [1.29, 1.82) is 0 Å². The third kappa shape index (κ3) is 4.82. The van der Waals surface area contributed by atoms with Crippen LogP contribution in [0.15, 0.2) is 98.2 Å². The summed E-state index contributed by atoms with van der Waals surface area (Å²) >= 11 is 2.53. The number of fused-ring (bicyclic) bond motifs is 2. The lowest BCUT2D eigenvalue weighted by Gasteiger charge is -2.23. The number of aromatic nitrogens is 2. The number of nitro benzene ring substituents is 1. The lowest BCUT2D eigenvalue weighted by molar-refractivity contribution is -0.385. The lowest BCUT2D eigenvalue weighted by Crippen LogP contribution is -2.39. The molecule has 0 saturated carbocycles. The maximum atomic E-state index is 13.9. The minimum Gasteiger partial charge on any atom is -0.463 e. The average molecular weight is 635 g/mol. The molecule has 0 bridgehead atoms. The second-order valence-corrected chi connectivity index (χ2v) is 13.3. The standard InChI is InChI=1S/C29H22N4O7S3/c1-3-40-28(35)25-17(2)30-29-32(26(25)23-12-7-13-41-23)27(34)24(42-29)14-18-16-31(22-11-5-4-10-21(18)22)43(38,39)20-9-6-8-19(15-20)33(36)37/h4-16,26H,3H2,1-2H3/b24-14-/t26-/m1/s1. The van der Waals surface area contributed by atoms with Crippen LogP contribution in [0.5, 0.6) is 0 Å². The number of nitrogens with zero attached hydrogens (tertiary/aromatic N) is 4. The summed E-state index contributed by atoms with van der Waals surface area (Å²) in [5, 5.41) is 13.7. The summed E-state index contributed by atoms with van der Waals surface area (Å²) < 4.78 is 35.5.